The quantitative estimate of drug-likeness (QED) is 0.538. The molecule has 0 bridgehead atoms. The molecule has 0 unspecified atom stereocenters. The fourth-order valence-electron chi connectivity index (χ4n) is 2.41. The van der Waals surface area contributed by atoms with Gasteiger partial charge in [0, 0.05) is 11.3 Å². The van der Waals surface area contributed by atoms with Crippen molar-refractivity contribution in [3.05, 3.63) is 53.6 Å². The third-order valence-electron chi connectivity index (χ3n) is 4.19. The summed E-state index contributed by atoms with van der Waals surface area (Å²) in [5, 5.41) is 10.6. The fraction of sp³-hybridized carbons (Fsp3) is 0.211. The number of hydrogen-bond acceptors (Lipinski definition) is 7. The third-order valence-corrected chi connectivity index (χ3v) is 6.41. The first kappa shape index (κ1) is 21.9. The van der Waals surface area contributed by atoms with E-state index in [0.29, 0.717) is 5.89 Å². The lowest BCUT2D eigenvalue weighted by Gasteiger charge is -2.06. The molecular weight excluding hydrogens is 436 g/mol. The molecule has 1 amide bonds. The molecule has 0 saturated heterocycles. The Bertz CT molecular complexity index is 1160. The zero-order valence-corrected chi connectivity index (χ0v) is 17.6. The largest absolute Gasteiger partial charge is 0.411 e. The van der Waals surface area contributed by atoms with Gasteiger partial charge >= 0.3 is 5.76 Å². The van der Waals surface area contributed by atoms with Gasteiger partial charge in [0.1, 0.15) is 0 Å². The maximum atomic E-state index is 12.5. The first-order chi connectivity index (χ1) is 14.2. The van der Waals surface area contributed by atoms with E-state index in [-0.39, 0.29) is 16.7 Å². The monoisotopic (exact) mass is 453 g/mol. The minimum absolute atomic E-state index is 0.0361. The third kappa shape index (κ3) is 5.03. The maximum Gasteiger partial charge on any atom is 0.341 e. The average Bonchev–Trinajstić information content (AvgIpc) is 3.18. The second kappa shape index (κ2) is 8.92. The maximum absolute atomic E-state index is 12.5. The number of aromatic nitrogens is 2. The number of hydrogen-bond donors (Lipinski definition) is 1. The Morgan fingerprint density at radius 1 is 1.10 bits per heavy atom. The van der Waals surface area contributed by atoms with Crippen molar-refractivity contribution in [3.8, 4) is 11.5 Å². The van der Waals surface area contributed by atoms with Gasteiger partial charge in [0.05, 0.1) is 10.6 Å². The normalized spacial score (nSPS) is 11.6. The van der Waals surface area contributed by atoms with Crippen molar-refractivity contribution in [2.75, 3.05) is 11.1 Å². The number of sulfone groups is 1. The Kier molecular flexibility index (Phi) is 6.52. The van der Waals surface area contributed by atoms with Crippen LogP contribution < -0.4 is 5.32 Å². The Morgan fingerprint density at radius 3 is 2.43 bits per heavy atom. The van der Waals surface area contributed by atoms with Crippen LogP contribution in [-0.2, 0) is 14.6 Å². The highest BCUT2D eigenvalue weighted by Gasteiger charge is 2.26. The molecule has 158 valence electrons. The number of alkyl halides is 2. The average molecular weight is 453 g/mol. The first-order valence-corrected chi connectivity index (χ1v) is 11.2. The van der Waals surface area contributed by atoms with Gasteiger partial charge in [-0.3, -0.25) is 4.79 Å². The van der Waals surface area contributed by atoms with Gasteiger partial charge < -0.3 is 9.73 Å². The van der Waals surface area contributed by atoms with Gasteiger partial charge in [-0.05, 0) is 61.4 Å². The second-order valence-electron chi connectivity index (χ2n) is 6.34. The number of halogens is 2. The standard InChI is InChI=1S/C19H17F2N3O4S2/c1-11-3-4-13(9-12(11)2)17-23-24-19(28-17)29-10-16(25)22-14-5-7-15(8-6-14)30(26,27)18(20)21/h3-9,18H,10H2,1-2H3,(H,22,25). The van der Waals surface area contributed by atoms with Gasteiger partial charge in [-0.15, -0.1) is 10.2 Å². The van der Waals surface area contributed by atoms with E-state index in [0.717, 1.165) is 40.6 Å². The minimum atomic E-state index is -4.67. The number of carbonyl (C=O) groups is 1. The predicted octanol–water partition coefficient (Wildman–Crippen LogP) is 4.08. The topological polar surface area (TPSA) is 102 Å². The molecular formula is C19H17F2N3O4S2. The molecule has 1 heterocycles. The van der Waals surface area contributed by atoms with Crippen molar-refractivity contribution >= 4 is 33.2 Å². The highest BCUT2D eigenvalue weighted by molar-refractivity contribution is 7.99. The van der Waals surface area contributed by atoms with E-state index in [1.54, 1.807) is 0 Å². The first-order valence-electron chi connectivity index (χ1n) is 8.62. The van der Waals surface area contributed by atoms with Crippen LogP contribution in [-0.4, -0.2) is 36.0 Å². The van der Waals surface area contributed by atoms with Crippen molar-refractivity contribution in [1.29, 1.82) is 0 Å². The summed E-state index contributed by atoms with van der Waals surface area (Å²) in [7, 11) is -4.67. The molecule has 0 aliphatic carbocycles. The Balaban J connectivity index is 1.57. The van der Waals surface area contributed by atoms with E-state index < -0.39 is 26.4 Å². The SMILES string of the molecule is Cc1ccc(-c2nnc(SCC(=O)Nc3ccc(S(=O)(=O)C(F)F)cc3)o2)cc1C. The van der Waals surface area contributed by atoms with Gasteiger partial charge in [-0.2, -0.15) is 8.78 Å². The molecule has 0 aliphatic heterocycles. The molecule has 11 heteroatoms. The smallest absolute Gasteiger partial charge is 0.341 e. The van der Waals surface area contributed by atoms with E-state index in [1.807, 2.05) is 32.0 Å². The molecule has 0 fully saturated rings. The molecule has 3 rings (SSSR count). The molecule has 2 aromatic carbocycles. The Hall–Kier alpha value is -2.79. The lowest BCUT2D eigenvalue weighted by Crippen LogP contribution is -2.15. The molecule has 3 aromatic rings. The summed E-state index contributed by atoms with van der Waals surface area (Å²) in [5.41, 5.74) is 3.28. The zero-order valence-electron chi connectivity index (χ0n) is 15.9. The molecule has 7 nitrogen and oxygen atoms in total. The fourth-order valence-corrected chi connectivity index (χ4v) is 3.70. The van der Waals surface area contributed by atoms with Crippen LogP contribution in [0.15, 0.2) is 57.0 Å². The molecule has 1 N–H and O–H groups in total. The van der Waals surface area contributed by atoms with Gasteiger partial charge in [-0.1, -0.05) is 17.8 Å². The number of thioether (sulfide) groups is 1. The Labute approximate surface area is 175 Å². The van der Waals surface area contributed by atoms with Crippen molar-refractivity contribution in [2.45, 2.75) is 29.7 Å². The summed E-state index contributed by atoms with van der Waals surface area (Å²) in [6.45, 7) is 3.97. The lowest BCUT2D eigenvalue weighted by atomic mass is 10.1. The van der Waals surface area contributed by atoms with Crippen LogP contribution >= 0.6 is 11.8 Å². The molecule has 30 heavy (non-hydrogen) atoms. The van der Waals surface area contributed by atoms with E-state index in [2.05, 4.69) is 15.5 Å². The van der Waals surface area contributed by atoms with Crippen LogP contribution in [0, 0.1) is 13.8 Å². The minimum Gasteiger partial charge on any atom is -0.411 e. The number of nitrogens with zero attached hydrogens (tertiary/aromatic N) is 2. The van der Waals surface area contributed by atoms with Crippen molar-refractivity contribution in [3.63, 3.8) is 0 Å². The Morgan fingerprint density at radius 2 is 1.80 bits per heavy atom. The molecule has 0 saturated carbocycles. The predicted molar refractivity (Wildman–Crippen MR) is 108 cm³/mol. The van der Waals surface area contributed by atoms with E-state index in [1.165, 1.54) is 12.1 Å². The van der Waals surface area contributed by atoms with Crippen LogP contribution in [0.4, 0.5) is 14.5 Å². The zero-order chi connectivity index (χ0) is 21.9. The van der Waals surface area contributed by atoms with Gasteiger partial charge in [0.2, 0.25) is 21.6 Å². The number of nitrogens with one attached hydrogen (secondary N) is 1. The number of aryl methyl sites for hydroxylation is 2. The van der Waals surface area contributed by atoms with Crippen molar-refractivity contribution in [2.24, 2.45) is 0 Å². The summed E-state index contributed by atoms with van der Waals surface area (Å²) in [6, 6.07) is 10.3. The number of rotatable bonds is 7. The number of carbonyl (C=O) groups excluding carboxylic acids is 1. The van der Waals surface area contributed by atoms with Gasteiger partial charge in [-0.25, -0.2) is 8.42 Å². The number of amides is 1. The highest BCUT2D eigenvalue weighted by atomic mass is 32.2. The number of anilines is 1. The summed E-state index contributed by atoms with van der Waals surface area (Å²) in [5.74, 6) is -3.60. The summed E-state index contributed by atoms with van der Waals surface area (Å²) < 4.78 is 53.4. The summed E-state index contributed by atoms with van der Waals surface area (Å²) in [4.78, 5) is 11.6. The molecule has 0 atom stereocenters. The highest BCUT2D eigenvalue weighted by Crippen LogP contribution is 2.25. The van der Waals surface area contributed by atoms with E-state index >= 15 is 0 Å². The van der Waals surface area contributed by atoms with Crippen LogP contribution in [0.3, 0.4) is 0 Å². The van der Waals surface area contributed by atoms with E-state index in [9.17, 15) is 22.0 Å². The summed E-state index contributed by atoms with van der Waals surface area (Å²) >= 11 is 1.03. The van der Waals surface area contributed by atoms with Gasteiger partial charge in [0.15, 0.2) is 0 Å². The van der Waals surface area contributed by atoms with Crippen molar-refractivity contribution in [1.82, 2.24) is 10.2 Å². The molecule has 1 aromatic heterocycles. The molecule has 0 spiro atoms. The molecule has 0 radical (unpaired) electrons. The second-order valence-corrected chi connectivity index (χ2v) is 9.18. The number of benzene rings is 2. The van der Waals surface area contributed by atoms with Crippen LogP contribution in [0.1, 0.15) is 11.1 Å². The molecule has 0 aliphatic rings. The van der Waals surface area contributed by atoms with Crippen LogP contribution in [0.25, 0.3) is 11.5 Å². The van der Waals surface area contributed by atoms with Crippen LogP contribution in [0.2, 0.25) is 0 Å². The van der Waals surface area contributed by atoms with Crippen molar-refractivity contribution < 1.29 is 26.4 Å². The van der Waals surface area contributed by atoms with E-state index in [4.69, 9.17) is 4.42 Å². The lowest BCUT2D eigenvalue weighted by molar-refractivity contribution is -0.113. The summed E-state index contributed by atoms with van der Waals surface area (Å²) in [6.07, 6.45) is 0. The van der Waals surface area contributed by atoms with Crippen LogP contribution in [0.5, 0.6) is 0 Å². The van der Waals surface area contributed by atoms with Gasteiger partial charge in [0.25, 0.3) is 5.22 Å².